The first-order valence-corrected chi connectivity index (χ1v) is 9.45. The molecule has 3 N–H and O–H groups in total. The summed E-state index contributed by atoms with van der Waals surface area (Å²) in [6.45, 7) is 6.12. The summed E-state index contributed by atoms with van der Waals surface area (Å²) in [5.74, 6) is 0.206. The number of carbonyl (C=O) groups is 1. The predicted molar refractivity (Wildman–Crippen MR) is 109 cm³/mol. The van der Waals surface area contributed by atoms with E-state index in [4.69, 9.17) is 16.3 Å². The average molecular weight is 391 g/mol. The molecule has 0 saturated carbocycles. The van der Waals surface area contributed by atoms with E-state index in [-0.39, 0.29) is 5.91 Å². The highest BCUT2D eigenvalue weighted by Crippen LogP contribution is 2.18. The first-order valence-electron chi connectivity index (χ1n) is 9.07. The largest absolute Gasteiger partial charge is 0.389 e. The summed E-state index contributed by atoms with van der Waals surface area (Å²) in [5, 5.41) is 16.4. The Bertz CT molecular complexity index is 737. The summed E-state index contributed by atoms with van der Waals surface area (Å²) < 4.78 is 5.43. The Balaban J connectivity index is 1.81. The first kappa shape index (κ1) is 21.4. The quantitative estimate of drug-likeness (QED) is 0.578. The van der Waals surface area contributed by atoms with E-state index in [1.54, 1.807) is 24.3 Å². The highest BCUT2D eigenvalue weighted by Gasteiger charge is 2.10. The van der Waals surface area contributed by atoms with Crippen molar-refractivity contribution in [3.8, 4) is 0 Å². The minimum atomic E-state index is -0.549. The van der Waals surface area contributed by atoms with Crippen molar-refractivity contribution in [2.24, 2.45) is 5.92 Å². The SMILES string of the molecule is CC(C)COCC(O)CNCc1cccc(NC(=O)c2ccccc2Cl)c1. The van der Waals surface area contributed by atoms with Crippen molar-refractivity contribution in [3.63, 3.8) is 0 Å². The summed E-state index contributed by atoms with van der Waals surface area (Å²) in [4.78, 5) is 12.3. The molecule has 0 heterocycles. The van der Waals surface area contributed by atoms with Crippen LogP contribution in [0.1, 0.15) is 29.8 Å². The molecule has 27 heavy (non-hydrogen) atoms. The fourth-order valence-electron chi connectivity index (χ4n) is 2.48. The lowest BCUT2D eigenvalue weighted by atomic mass is 10.1. The number of ether oxygens (including phenoxy) is 1. The van der Waals surface area contributed by atoms with E-state index in [9.17, 15) is 9.90 Å². The number of anilines is 1. The van der Waals surface area contributed by atoms with Crippen molar-refractivity contribution in [1.29, 1.82) is 0 Å². The second-order valence-corrected chi connectivity index (χ2v) is 7.26. The second-order valence-electron chi connectivity index (χ2n) is 6.85. The van der Waals surface area contributed by atoms with Crippen molar-refractivity contribution in [3.05, 3.63) is 64.7 Å². The molecule has 0 aliphatic rings. The Hall–Kier alpha value is -1.92. The summed E-state index contributed by atoms with van der Waals surface area (Å²) in [6.07, 6.45) is -0.549. The lowest BCUT2D eigenvalue weighted by Gasteiger charge is -2.14. The molecule has 0 aliphatic heterocycles. The summed E-state index contributed by atoms with van der Waals surface area (Å²) in [6, 6.07) is 14.5. The Morgan fingerprint density at radius 1 is 1.15 bits per heavy atom. The molecule has 2 aromatic rings. The minimum Gasteiger partial charge on any atom is -0.389 e. The molecule has 1 unspecified atom stereocenters. The maximum Gasteiger partial charge on any atom is 0.257 e. The summed E-state index contributed by atoms with van der Waals surface area (Å²) in [7, 11) is 0. The van der Waals surface area contributed by atoms with Crippen LogP contribution >= 0.6 is 11.6 Å². The molecule has 146 valence electrons. The van der Waals surface area contributed by atoms with Crippen LogP contribution in [0.15, 0.2) is 48.5 Å². The third-order valence-corrected chi connectivity index (χ3v) is 4.10. The molecular weight excluding hydrogens is 364 g/mol. The van der Waals surface area contributed by atoms with E-state index < -0.39 is 6.10 Å². The van der Waals surface area contributed by atoms with Gasteiger partial charge in [-0.2, -0.15) is 0 Å². The lowest BCUT2D eigenvalue weighted by Crippen LogP contribution is -2.30. The standard InChI is InChI=1S/C21H27ClN2O3/c1-15(2)13-27-14-18(25)12-23-11-16-6-5-7-17(10-16)24-21(26)19-8-3-4-9-20(19)22/h3-10,15,18,23,25H,11-14H2,1-2H3,(H,24,26). The third kappa shape index (κ3) is 7.69. The van der Waals surface area contributed by atoms with Crippen LogP contribution in [-0.4, -0.2) is 36.9 Å². The number of aliphatic hydroxyl groups excluding tert-OH is 1. The summed E-state index contributed by atoms with van der Waals surface area (Å²) >= 11 is 6.06. The molecule has 0 bridgehead atoms. The Kier molecular flexibility index (Phi) is 8.75. The average Bonchev–Trinajstić information content (AvgIpc) is 2.62. The van der Waals surface area contributed by atoms with Crippen molar-refractivity contribution >= 4 is 23.2 Å². The number of hydrogen-bond donors (Lipinski definition) is 3. The van der Waals surface area contributed by atoms with Gasteiger partial charge in [0.1, 0.15) is 0 Å². The van der Waals surface area contributed by atoms with Gasteiger partial charge in [-0.05, 0) is 35.7 Å². The lowest BCUT2D eigenvalue weighted by molar-refractivity contribution is 0.0260. The predicted octanol–water partition coefficient (Wildman–Crippen LogP) is 3.72. The third-order valence-electron chi connectivity index (χ3n) is 3.77. The Morgan fingerprint density at radius 2 is 1.93 bits per heavy atom. The van der Waals surface area contributed by atoms with E-state index in [2.05, 4.69) is 24.5 Å². The molecule has 6 heteroatoms. The van der Waals surface area contributed by atoms with Crippen LogP contribution in [0.2, 0.25) is 5.02 Å². The number of nitrogens with one attached hydrogen (secondary N) is 2. The highest BCUT2D eigenvalue weighted by molar-refractivity contribution is 6.34. The zero-order valence-electron chi connectivity index (χ0n) is 15.7. The van der Waals surface area contributed by atoms with E-state index in [1.807, 2.05) is 24.3 Å². The fourth-order valence-corrected chi connectivity index (χ4v) is 2.71. The first-order chi connectivity index (χ1) is 13.0. The molecule has 0 saturated heterocycles. The fraction of sp³-hybridized carbons (Fsp3) is 0.381. The van der Waals surface area contributed by atoms with Gasteiger partial charge in [0.25, 0.3) is 5.91 Å². The highest BCUT2D eigenvalue weighted by atomic mass is 35.5. The topological polar surface area (TPSA) is 70.6 Å². The van der Waals surface area contributed by atoms with E-state index in [0.29, 0.717) is 48.5 Å². The van der Waals surface area contributed by atoms with Crippen molar-refractivity contribution in [1.82, 2.24) is 5.32 Å². The van der Waals surface area contributed by atoms with Crippen LogP contribution in [-0.2, 0) is 11.3 Å². The number of rotatable bonds is 10. The molecule has 2 aromatic carbocycles. The number of carbonyl (C=O) groups excluding carboxylic acids is 1. The van der Waals surface area contributed by atoms with E-state index in [1.165, 1.54) is 0 Å². The Morgan fingerprint density at radius 3 is 2.67 bits per heavy atom. The molecule has 0 aliphatic carbocycles. The van der Waals surface area contributed by atoms with Gasteiger partial charge in [0.15, 0.2) is 0 Å². The summed E-state index contributed by atoms with van der Waals surface area (Å²) in [5.41, 5.74) is 2.13. The van der Waals surface area contributed by atoms with Crippen molar-refractivity contribution < 1.29 is 14.6 Å². The van der Waals surface area contributed by atoms with Crippen LogP contribution in [0.4, 0.5) is 5.69 Å². The maximum absolute atomic E-state index is 12.3. The zero-order chi connectivity index (χ0) is 19.6. The van der Waals surface area contributed by atoms with Gasteiger partial charge in [0, 0.05) is 25.4 Å². The van der Waals surface area contributed by atoms with Crippen LogP contribution in [0.25, 0.3) is 0 Å². The molecule has 0 aromatic heterocycles. The smallest absolute Gasteiger partial charge is 0.257 e. The van der Waals surface area contributed by atoms with Gasteiger partial charge in [0.05, 0.1) is 23.3 Å². The van der Waals surface area contributed by atoms with Gasteiger partial charge in [-0.3, -0.25) is 4.79 Å². The number of amides is 1. The maximum atomic E-state index is 12.3. The number of hydrogen-bond acceptors (Lipinski definition) is 4. The molecule has 1 atom stereocenters. The number of halogens is 1. The van der Waals surface area contributed by atoms with Gasteiger partial charge < -0.3 is 20.5 Å². The minimum absolute atomic E-state index is 0.247. The van der Waals surface area contributed by atoms with Crippen molar-refractivity contribution in [2.75, 3.05) is 25.1 Å². The second kappa shape index (κ2) is 11.0. The molecule has 5 nitrogen and oxygen atoms in total. The van der Waals surface area contributed by atoms with E-state index in [0.717, 1.165) is 5.56 Å². The Labute approximate surface area is 165 Å². The van der Waals surface area contributed by atoms with Gasteiger partial charge in [0.2, 0.25) is 0 Å². The van der Waals surface area contributed by atoms with Crippen molar-refractivity contribution in [2.45, 2.75) is 26.5 Å². The molecular formula is C21H27ClN2O3. The van der Waals surface area contributed by atoms with Gasteiger partial charge in [-0.25, -0.2) is 0 Å². The van der Waals surface area contributed by atoms with Crippen LogP contribution in [0.5, 0.6) is 0 Å². The van der Waals surface area contributed by atoms with Gasteiger partial charge in [-0.1, -0.05) is 49.7 Å². The molecule has 2 rings (SSSR count). The molecule has 0 radical (unpaired) electrons. The zero-order valence-corrected chi connectivity index (χ0v) is 16.5. The van der Waals surface area contributed by atoms with Gasteiger partial charge in [-0.15, -0.1) is 0 Å². The number of aliphatic hydroxyl groups is 1. The molecule has 0 fully saturated rings. The van der Waals surface area contributed by atoms with E-state index >= 15 is 0 Å². The molecule has 1 amide bonds. The normalized spacial score (nSPS) is 12.2. The van der Waals surface area contributed by atoms with Crippen LogP contribution in [0.3, 0.4) is 0 Å². The monoisotopic (exact) mass is 390 g/mol. The molecule has 0 spiro atoms. The number of benzene rings is 2. The van der Waals surface area contributed by atoms with Crippen LogP contribution < -0.4 is 10.6 Å². The van der Waals surface area contributed by atoms with Crippen LogP contribution in [0, 0.1) is 5.92 Å². The van der Waals surface area contributed by atoms with Gasteiger partial charge >= 0.3 is 0 Å².